The number of rotatable bonds is 6. The van der Waals surface area contributed by atoms with Crippen LogP contribution in [0.3, 0.4) is 0 Å². The van der Waals surface area contributed by atoms with Crippen molar-refractivity contribution in [2.24, 2.45) is 0 Å². The van der Waals surface area contributed by atoms with Gasteiger partial charge in [-0.1, -0.05) is 30.0 Å². The molecule has 1 N–H and O–H groups in total. The van der Waals surface area contributed by atoms with E-state index in [-0.39, 0.29) is 16.4 Å². The van der Waals surface area contributed by atoms with Crippen molar-refractivity contribution in [3.8, 4) is 5.69 Å². The molecule has 10 heteroatoms. The molecule has 1 aliphatic heterocycles. The molecule has 1 fully saturated rings. The number of carbonyl (C=O) groups is 1. The maximum absolute atomic E-state index is 13.4. The van der Waals surface area contributed by atoms with Crippen LogP contribution in [-0.2, 0) is 14.8 Å². The highest BCUT2D eigenvalue weighted by molar-refractivity contribution is 8.00. The zero-order valence-electron chi connectivity index (χ0n) is 17.8. The summed E-state index contributed by atoms with van der Waals surface area (Å²) in [7, 11) is -2.10. The van der Waals surface area contributed by atoms with E-state index in [9.17, 15) is 18.0 Å². The van der Waals surface area contributed by atoms with Gasteiger partial charge in [-0.2, -0.15) is 4.31 Å². The first-order chi connectivity index (χ1) is 15.3. The smallest absolute Gasteiger partial charge is 0.266 e. The Balaban J connectivity index is 1.88. The van der Waals surface area contributed by atoms with Gasteiger partial charge in [-0.25, -0.2) is 13.4 Å². The Morgan fingerprint density at radius 1 is 1.12 bits per heavy atom. The van der Waals surface area contributed by atoms with Gasteiger partial charge in [0.2, 0.25) is 15.9 Å². The van der Waals surface area contributed by atoms with Crippen LogP contribution in [-0.4, -0.2) is 53.6 Å². The fraction of sp³-hybridized carbons (Fsp3) is 0.318. The Morgan fingerprint density at radius 3 is 2.56 bits per heavy atom. The van der Waals surface area contributed by atoms with Gasteiger partial charge in [0, 0.05) is 20.1 Å². The number of hydrogen-bond acceptors (Lipinski definition) is 6. The van der Waals surface area contributed by atoms with Crippen molar-refractivity contribution in [1.82, 2.24) is 19.2 Å². The Kier molecular flexibility index (Phi) is 6.36. The highest BCUT2D eigenvalue weighted by atomic mass is 32.2. The van der Waals surface area contributed by atoms with Gasteiger partial charge < -0.3 is 5.32 Å². The summed E-state index contributed by atoms with van der Waals surface area (Å²) in [5, 5.41) is 2.83. The summed E-state index contributed by atoms with van der Waals surface area (Å²) in [5.41, 5.74) is 0.583. The number of thioether (sulfide) groups is 1. The van der Waals surface area contributed by atoms with Crippen LogP contribution in [0, 0.1) is 0 Å². The van der Waals surface area contributed by atoms with Gasteiger partial charge in [-0.3, -0.25) is 14.2 Å². The summed E-state index contributed by atoms with van der Waals surface area (Å²) in [5.74, 6) is -0.200. The van der Waals surface area contributed by atoms with E-state index in [0.29, 0.717) is 34.8 Å². The van der Waals surface area contributed by atoms with Crippen molar-refractivity contribution in [3.05, 3.63) is 58.9 Å². The third-order valence-electron chi connectivity index (χ3n) is 5.42. The zero-order valence-corrected chi connectivity index (χ0v) is 19.4. The number of amides is 1. The molecular weight excluding hydrogens is 448 g/mol. The number of nitrogens with zero attached hydrogens (tertiary/aromatic N) is 3. The molecular formula is C22H24N4O4S2. The zero-order chi connectivity index (χ0) is 22.9. The Bertz CT molecular complexity index is 1330. The lowest BCUT2D eigenvalue weighted by Gasteiger charge is -2.18. The average Bonchev–Trinajstić information content (AvgIpc) is 3.35. The number of carbonyl (C=O) groups excluding carboxylic acids is 1. The van der Waals surface area contributed by atoms with Gasteiger partial charge in [0.25, 0.3) is 5.56 Å². The van der Waals surface area contributed by atoms with Crippen molar-refractivity contribution < 1.29 is 13.2 Å². The van der Waals surface area contributed by atoms with E-state index in [1.807, 2.05) is 0 Å². The molecule has 2 heterocycles. The van der Waals surface area contributed by atoms with E-state index < -0.39 is 15.3 Å². The minimum absolute atomic E-state index is 0.132. The number of nitrogens with one attached hydrogen (secondary N) is 1. The third kappa shape index (κ3) is 4.17. The number of aromatic nitrogens is 2. The van der Waals surface area contributed by atoms with Crippen molar-refractivity contribution >= 4 is 38.6 Å². The highest BCUT2D eigenvalue weighted by Crippen LogP contribution is 2.27. The predicted molar refractivity (Wildman–Crippen MR) is 125 cm³/mol. The molecule has 4 rings (SSSR count). The van der Waals surface area contributed by atoms with E-state index in [4.69, 9.17) is 0 Å². The number of fused-ring (bicyclic) bond motifs is 1. The fourth-order valence-electron chi connectivity index (χ4n) is 3.69. The molecule has 32 heavy (non-hydrogen) atoms. The number of benzene rings is 2. The largest absolute Gasteiger partial charge is 0.358 e. The minimum atomic E-state index is -3.65. The molecule has 3 aromatic rings. The molecule has 1 aliphatic rings. The molecule has 1 saturated heterocycles. The molecule has 0 spiro atoms. The maximum Gasteiger partial charge on any atom is 0.266 e. The predicted octanol–water partition coefficient (Wildman–Crippen LogP) is 2.40. The van der Waals surface area contributed by atoms with Crippen LogP contribution in [0.25, 0.3) is 16.6 Å². The van der Waals surface area contributed by atoms with Crippen LogP contribution in [0.2, 0.25) is 0 Å². The second-order valence-corrected chi connectivity index (χ2v) is 10.8. The van der Waals surface area contributed by atoms with Crippen LogP contribution in [0.1, 0.15) is 19.8 Å². The van der Waals surface area contributed by atoms with E-state index >= 15 is 0 Å². The van der Waals surface area contributed by atoms with Crippen molar-refractivity contribution in [2.75, 3.05) is 20.1 Å². The molecule has 1 atom stereocenters. The van der Waals surface area contributed by atoms with E-state index in [1.165, 1.54) is 21.0 Å². The third-order valence-corrected chi connectivity index (χ3v) is 8.37. The van der Waals surface area contributed by atoms with Gasteiger partial charge in [-0.05, 0) is 50.1 Å². The van der Waals surface area contributed by atoms with Crippen molar-refractivity contribution in [2.45, 2.75) is 35.1 Å². The molecule has 0 aliphatic carbocycles. The normalized spacial score (nSPS) is 15.7. The summed E-state index contributed by atoms with van der Waals surface area (Å²) in [6.07, 6.45) is 1.68. The summed E-state index contributed by atoms with van der Waals surface area (Å²) >= 11 is 1.15. The van der Waals surface area contributed by atoms with E-state index in [0.717, 1.165) is 24.6 Å². The number of sulfonamides is 1. The van der Waals surface area contributed by atoms with Crippen LogP contribution in [0.4, 0.5) is 0 Å². The summed E-state index contributed by atoms with van der Waals surface area (Å²) in [4.78, 5) is 30.3. The topological polar surface area (TPSA) is 101 Å². The lowest BCUT2D eigenvalue weighted by Crippen LogP contribution is -2.29. The fourth-order valence-corrected chi connectivity index (χ4v) is 6.24. The molecule has 0 saturated carbocycles. The summed E-state index contributed by atoms with van der Waals surface area (Å²) in [6, 6.07) is 13.3. The first-order valence-corrected chi connectivity index (χ1v) is 12.7. The molecule has 1 aromatic heterocycles. The molecule has 8 nitrogen and oxygen atoms in total. The molecule has 0 bridgehead atoms. The molecule has 2 aromatic carbocycles. The Morgan fingerprint density at radius 2 is 1.84 bits per heavy atom. The van der Waals surface area contributed by atoms with Gasteiger partial charge in [0.1, 0.15) is 0 Å². The lowest BCUT2D eigenvalue weighted by molar-refractivity contribution is -0.119. The van der Waals surface area contributed by atoms with Crippen LogP contribution >= 0.6 is 11.8 Å². The first kappa shape index (κ1) is 22.5. The second-order valence-electron chi connectivity index (χ2n) is 7.53. The van der Waals surface area contributed by atoms with Crippen molar-refractivity contribution in [1.29, 1.82) is 0 Å². The monoisotopic (exact) mass is 472 g/mol. The maximum atomic E-state index is 13.4. The summed E-state index contributed by atoms with van der Waals surface area (Å²) < 4.78 is 29.0. The highest BCUT2D eigenvalue weighted by Gasteiger charge is 2.28. The van der Waals surface area contributed by atoms with E-state index in [2.05, 4.69) is 10.3 Å². The number of hydrogen-bond donors (Lipinski definition) is 1. The second kappa shape index (κ2) is 9.05. The van der Waals surface area contributed by atoms with Gasteiger partial charge in [0.15, 0.2) is 5.16 Å². The van der Waals surface area contributed by atoms with Gasteiger partial charge >= 0.3 is 0 Å². The molecule has 1 amide bonds. The first-order valence-electron chi connectivity index (χ1n) is 10.3. The van der Waals surface area contributed by atoms with Gasteiger partial charge in [0.05, 0.1) is 26.7 Å². The average molecular weight is 473 g/mol. The van der Waals surface area contributed by atoms with Gasteiger partial charge in [-0.15, -0.1) is 0 Å². The quantitative estimate of drug-likeness (QED) is 0.437. The number of para-hydroxylation sites is 1. The molecule has 0 radical (unpaired) electrons. The van der Waals surface area contributed by atoms with Crippen LogP contribution in [0.5, 0.6) is 0 Å². The van der Waals surface area contributed by atoms with Crippen molar-refractivity contribution in [3.63, 3.8) is 0 Å². The van der Waals surface area contributed by atoms with Crippen LogP contribution < -0.4 is 10.9 Å². The standard InChI is InChI=1S/C22H24N4O4S2/c1-15(20(27)23-2)31-22-24-19-11-4-3-10-18(19)21(28)26(22)16-8-7-9-17(14-16)32(29,30)25-12-5-6-13-25/h3-4,7-11,14-15H,5-6,12-13H2,1-2H3,(H,23,27)/t15-/m0/s1. The molecule has 168 valence electrons. The minimum Gasteiger partial charge on any atom is -0.358 e. The lowest BCUT2D eigenvalue weighted by atomic mass is 10.2. The Labute approximate surface area is 190 Å². The Hall–Kier alpha value is -2.69. The summed E-state index contributed by atoms with van der Waals surface area (Å²) in [6.45, 7) is 2.72. The molecule has 0 unspecified atom stereocenters. The van der Waals surface area contributed by atoms with E-state index in [1.54, 1.807) is 50.4 Å². The SMILES string of the molecule is CNC(=O)[C@H](C)Sc1nc2ccccc2c(=O)n1-c1cccc(S(=O)(=O)N2CCCC2)c1. The van der Waals surface area contributed by atoms with Crippen LogP contribution in [0.15, 0.2) is 63.4 Å².